The Hall–Kier alpha value is -2.21. The summed E-state index contributed by atoms with van der Waals surface area (Å²) < 4.78 is 5.19. The maximum atomic E-state index is 11.9. The van der Waals surface area contributed by atoms with Crippen LogP contribution in [0.15, 0.2) is 54.6 Å². The predicted octanol–water partition coefficient (Wildman–Crippen LogP) is 3.77. The quantitative estimate of drug-likeness (QED) is 0.356. The number of rotatable bonds is 5. The van der Waals surface area contributed by atoms with Crippen LogP contribution in [0.25, 0.3) is 0 Å². The van der Waals surface area contributed by atoms with Crippen molar-refractivity contribution in [3.8, 4) is 0 Å². The maximum Gasteiger partial charge on any atom is 0.324 e. The van der Waals surface area contributed by atoms with Crippen LogP contribution in [0.2, 0.25) is 0 Å². The number of halogens is 1. The lowest BCUT2D eigenvalue weighted by Crippen LogP contribution is -2.10. The monoisotopic (exact) mass is 349 g/mol. The Bertz CT molecular complexity index is 628. The van der Waals surface area contributed by atoms with Gasteiger partial charge in [0.05, 0.1) is 4.92 Å². The summed E-state index contributed by atoms with van der Waals surface area (Å²) >= 11 is 3.29. The van der Waals surface area contributed by atoms with Gasteiger partial charge in [-0.1, -0.05) is 46.3 Å². The number of hydrogen-bond donors (Lipinski definition) is 0. The summed E-state index contributed by atoms with van der Waals surface area (Å²) in [6.45, 7) is 0.0752. The fraction of sp³-hybridized carbons (Fsp3) is 0.133. The van der Waals surface area contributed by atoms with E-state index in [0.29, 0.717) is 5.56 Å². The second kappa shape index (κ2) is 6.99. The number of ether oxygens (including phenoxy) is 1. The largest absolute Gasteiger partial charge is 0.460 e. The summed E-state index contributed by atoms with van der Waals surface area (Å²) in [6, 6.07) is 15.1. The standard InChI is InChI=1S/C15H12BrNO4/c16-14(12-4-2-1-3-5-12)15(18)21-10-11-6-8-13(9-7-11)17(19)20/h1-9,14H,10H2. The van der Waals surface area contributed by atoms with E-state index in [9.17, 15) is 14.9 Å². The molecule has 108 valence electrons. The van der Waals surface area contributed by atoms with E-state index < -0.39 is 15.7 Å². The first-order valence-electron chi connectivity index (χ1n) is 6.17. The lowest BCUT2D eigenvalue weighted by atomic mass is 10.1. The molecule has 0 aliphatic carbocycles. The van der Waals surface area contributed by atoms with E-state index in [0.717, 1.165) is 5.56 Å². The molecule has 2 rings (SSSR count). The Balaban J connectivity index is 1.93. The number of hydrogen-bond acceptors (Lipinski definition) is 4. The second-order valence-electron chi connectivity index (χ2n) is 4.30. The smallest absolute Gasteiger partial charge is 0.324 e. The molecule has 0 spiro atoms. The van der Waals surface area contributed by atoms with Crippen LogP contribution >= 0.6 is 15.9 Å². The summed E-state index contributed by atoms with van der Waals surface area (Å²) in [5, 5.41) is 10.5. The Kier molecular flexibility index (Phi) is 5.05. The Labute approximate surface area is 129 Å². The zero-order valence-electron chi connectivity index (χ0n) is 10.9. The summed E-state index contributed by atoms with van der Waals surface area (Å²) in [6.07, 6.45) is 0. The van der Waals surface area contributed by atoms with Gasteiger partial charge in [0.15, 0.2) is 0 Å². The summed E-state index contributed by atoms with van der Waals surface area (Å²) in [5.74, 6) is -0.403. The lowest BCUT2D eigenvalue weighted by molar-refractivity contribution is -0.384. The van der Waals surface area contributed by atoms with Gasteiger partial charge in [0.1, 0.15) is 11.4 Å². The van der Waals surface area contributed by atoms with Gasteiger partial charge in [-0.05, 0) is 23.3 Å². The van der Waals surface area contributed by atoms with E-state index in [-0.39, 0.29) is 12.3 Å². The first-order chi connectivity index (χ1) is 10.1. The number of nitro benzene ring substituents is 1. The van der Waals surface area contributed by atoms with Crippen molar-refractivity contribution in [2.75, 3.05) is 0 Å². The highest BCUT2D eigenvalue weighted by Gasteiger charge is 2.18. The maximum absolute atomic E-state index is 11.9. The van der Waals surface area contributed by atoms with Crippen LogP contribution in [0.4, 0.5) is 5.69 Å². The molecule has 0 amide bonds. The third kappa shape index (κ3) is 4.13. The second-order valence-corrected chi connectivity index (χ2v) is 5.22. The molecule has 0 radical (unpaired) electrons. The predicted molar refractivity (Wildman–Crippen MR) is 81.0 cm³/mol. The van der Waals surface area contributed by atoms with E-state index in [2.05, 4.69) is 15.9 Å². The first kappa shape index (κ1) is 15.2. The number of nitro groups is 1. The Morgan fingerprint density at radius 1 is 1.14 bits per heavy atom. The third-order valence-electron chi connectivity index (χ3n) is 2.83. The first-order valence-corrected chi connectivity index (χ1v) is 7.08. The molecule has 0 bridgehead atoms. The molecule has 0 saturated carbocycles. The highest BCUT2D eigenvalue weighted by Crippen LogP contribution is 2.24. The number of carbonyl (C=O) groups excluding carboxylic acids is 1. The van der Waals surface area contributed by atoms with Crippen LogP contribution in [0.1, 0.15) is 16.0 Å². The minimum absolute atomic E-state index is 0.00716. The van der Waals surface area contributed by atoms with E-state index in [4.69, 9.17) is 4.74 Å². The molecule has 0 aliphatic heterocycles. The number of carbonyl (C=O) groups is 1. The summed E-state index contributed by atoms with van der Waals surface area (Å²) in [4.78, 5) is 21.4. The molecule has 0 fully saturated rings. The third-order valence-corrected chi connectivity index (χ3v) is 3.73. The van der Waals surface area contributed by atoms with Crippen LogP contribution < -0.4 is 0 Å². The van der Waals surface area contributed by atoms with Gasteiger partial charge in [0, 0.05) is 12.1 Å². The average molecular weight is 350 g/mol. The van der Waals surface area contributed by atoms with Crippen molar-refractivity contribution in [3.63, 3.8) is 0 Å². The van der Waals surface area contributed by atoms with Crippen molar-refractivity contribution < 1.29 is 14.5 Å². The van der Waals surface area contributed by atoms with E-state index >= 15 is 0 Å². The van der Waals surface area contributed by atoms with Gasteiger partial charge in [0.2, 0.25) is 0 Å². The topological polar surface area (TPSA) is 69.4 Å². The zero-order valence-corrected chi connectivity index (χ0v) is 12.5. The van der Waals surface area contributed by atoms with Gasteiger partial charge in [-0.15, -0.1) is 0 Å². The molecule has 2 aromatic rings. The number of esters is 1. The molecule has 21 heavy (non-hydrogen) atoms. The van der Waals surface area contributed by atoms with Crippen LogP contribution in [0.3, 0.4) is 0 Å². The summed E-state index contributed by atoms with van der Waals surface area (Å²) in [7, 11) is 0. The molecule has 2 aromatic carbocycles. The SMILES string of the molecule is O=C(OCc1ccc([N+](=O)[O-])cc1)C(Br)c1ccccc1. The van der Waals surface area contributed by atoms with Gasteiger partial charge in [-0.3, -0.25) is 14.9 Å². The lowest BCUT2D eigenvalue weighted by Gasteiger charge is -2.10. The fourth-order valence-electron chi connectivity index (χ4n) is 1.70. The van der Waals surface area contributed by atoms with Crippen molar-refractivity contribution >= 4 is 27.6 Å². The van der Waals surface area contributed by atoms with Crippen molar-refractivity contribution in [2.45, 2.75) is 11.4 Å². The van der Waals surface area contributed by atoms with Crippen LogP contribution in [0.5, 0.6) is 0 Å². The van der Waals surface area contributed by atoms with E-state index in [1.165, 1.54) is 12.1 Å². The van der Waals surface area contributed by atoms with E-state index in [1.54, 1.807) is 12.1 Å². The highest BCUT2D eigenvalue weighted by atomic mass is 79.9. The number of benzene rings is 2. The van der Waals surface area contributed by atoms with Gasteiger partial charge in [-0.25, -0.2) is 0 Å². The Morgan fingerprint density at radius 2 is 1.76 bits per heavy atom. The van der Waals surface area contributed by atoms with Gasteiger partial charge in [0.25, 0.3) is 5.69 Å². The molecule has 0 aliphatic rings. The van der Waals surface area contributed by atoms with Gasteiger partial charge in [-0.2, -0.15) is 0 Å². The number of alkyl halides is 1. The van der Waals surface area contributed by atoms with E-state index in [1.807, 2.05) is 30.3 Å². The highest BCUT2D eigenvalue weighted by molar-refractivity contribution is 9.09. The molecule has 5 nitrogen and oxygen atoms in total. The minimum Gasteiger partial charge on any atom is -0.460 e. The fourth-order valence-corrected chi connectivity index (χ4v) is 2.14. The molecule has 1 unspecified atom stereocenters. The molecule has 0 N–H and O–H groups in total. The van der Waals surface area contributed by atoms with Crippen molar-refractivity contribution in [2.24, 2.45) is 0 Å². The summed E-state index contributed by atoms with van der Waals surface area (Å²) in [5.41, 5.74) is 1.51. The molecular weight excluding hydrogens is 338 g/mol. The van der Waals surface area contributed by atoms with Crippen molar-refractivity contribution in [1.82, 2.24) is 0 Å². The van der Waals surface area contributed by atoms with Crippen molar-refractivity contribution in [1.29, 1.82) is 0 Å². The minimum atomic E-state index is -0.531. The molecule has 0 saturated heterocycles. The molecule has 6 heteroatoms. The molecule has 1 atom stereocenters. The van der Waals surface area contributed by atoms with Crippen LogP contribution in [0, 0.1) is 10.1 Å². The van der Waals surface area contributed by atoms with Gasteiger partial charge >= 0.3 is 5.97 Å². The molecule has 0 aromatic heterocycles. The Morgan fingerprint density at radius 3 is 2.33 bits per heavy atom. The van der Waals surface area contributed by atoms with Crippen LogP contribution in [-0.2, 0) is 16.1 Å². The number of nitrogens with zero attached hydrogens (tertiary/aromatic N) is 1. The molecule has 0 heterocycles. The van der Waals surface area contributed by atoms with Crippen LogP contribution in [-0.4, -0.2) is 10.9 Å². The molecular formula is C15H12BrNO4. The van der Waals surface area contributed by atoms with Crippen molar-refractivity contribution in [3.05, 3.63) is 75.8 Å². The number of non-ortho nitro benzene ring substituents is 1. The average Bonchev–Trinajstić information content (AvgIpc) is 2.53. The normalized spacial score (nSPS) is 11.7. The van der Waals surface area contributed by atoms with Gasteiger partial charge < -0.3 is 4.74 Å². The zero-order chi connectivity index (χ0) is 15.2.